The van der Waals surface area contributed by atoms with Gasteiger partial charge in [-0.25, -0.2) is 8.42 Å². The third-order valence-corrected chi connectivity index (χ3v) is 5.37. The Labute approximate surface area is 119 Å². The summed E-state index contributed by atoms with van der Waals surface area (Å²) < 4.78 is 22.3. The van der Waals surface area contributed by atoms with Crippen molar-refractivity contribution in [1.82, 2.24) is 5.32 Å². The molecule has 0 aliphatic carbocycles. The average molecular weight is 299 g/mol. The van der Waals surface area contributed by atoms with Gasteiger partial charge in [0.2, 0.25) is 0 Å². The number of nitrogens with one attached hydrogen (secondary N) is 1. The van der Waals surface area contributed by atoms with Crippen LogP contribution in [0, 0.1) is 0 Å². The molecule has 6 nitrogen and oxygen atoms in total. The molecule has 0 radical (unpaired) electrons. The Morgan fingerprint density at radius 1 is 1.45 bits per heavy atom. The molecule has 0 heterocycles. The standard InChI is InChI=1S/C13H21N3O3S/c1-13(2,20(3,18)19)9-15-8-10-5-4-6-11(7-10)12(14)16-17/h4-7,15,17H,8-9H2,1-3H3,(H2,14,16). The molecule has 1 aromatic carbocycles. The zero-order valence-electron chi connectivity index (χ0n) is 11.9. The van der Waals surface area contributed by atoms with Crippen LogP contribution in [0.3, 0.4) is 0 Å². The van der Waals surface area contributed by atoms with Crippen LogP contribution in [0.2, 0.25) is 0 Å². The van der Waals surface area contributed by atoms with Crippen molar-refractivity contribution in [1.29, 1.82) is 0 Å². The summed E-state index contributed by atoms with van der Waals surface area (Å²) in [6.45, 7) is 4.22. The van der Waals surface area contributed by atoms with E-state index >= 15 is 0 Å². The molecule has 0 amide bonds. The van der Waals surface area contributed by atoms with Gasteiger partial charge in [0.05, 0.1) is 4.75 Å². The van der Waals surface area contributed by atoms with Gasteiger partial charge in [-0.05, 0) is 25.5 Å². The van der Waals surface area contributed by atoms with Crippen LogP contribution in [0.1, 0.15) is 25.0 Å². The molecule has 1 aromatic rings. The summed E-state index contributed by atoms with van der Waals surface area (Å²) in [6.07, 6.45) is 1.23. The summed E-state index contributed by atoms with van der Waals surface area (Å²) >= 11 is 0. The molecule has 0 unspecified atom stereocenters. The SMILES string of the molecule is CC(C)(CNCc1cccc(C(N)=NO)c1)S(C)(=O)=O. The predicted molar refractivity (Wildman–Crippen MR) is 79.6 cm³/mol. The van der Waals surface area contributed by atoms with Gasteiger partial charge in [-0.2, -0.15) is 0 Å². The molecular formula is C13H21N3O3S. The highest BCUT2D eigenvalue weighted by Gasteiger charge is 2.29. The number of amidine groups is 1. The second-order valence-corrected chi connectivity index (χ2v) is 7.97. The van der Waals surface area contributed by atoms with Gasteiger partial charge in [0.25, 0.3) is 0 Å². The van der Waals surface area contributed by atoms with Crippen LogP contribution < -0.4 is 11.1 Å². The maximum atomic E-state index is 11.6. The lowest BCUT2D eigenvalue weighted by atomic mass is 10.1. The quantitative estimate of drug-likeness (QED) is 0.310. The zero-order chi connectivity index (χ0) is 15.4. The van der Waals surface area contributed by atoms with E-state index in [2.05, 4.69) is 10.5 Å². The van der Waals surface area contributed by atoms with E-state index in [1.165, 1.54) is 6.26 Å². The molecular weight excluding hydrogens is 278 g/mol. The van der Waals surface area contributed by atoms with Crippen molar-refractivity contribution >= 4 is 15.7 Å². The van der Waals surface area contributed by atoms with E-state index in [-0.39, 0.29) is 5.84 Å². The van der Waals surface area contributed by atoms with Gasteiger partial charge < -0.3 is 16.3 Å². The topological polar surface area (TPSA) is 105 Å². The zero-order valence-corrected chi connectivity index (χ0v) is 12.7. The summed E-state index contributed by atoms with van der Waals surface area (Å²) in [4.78, 5) is 0. The van der Waals surface area contributed by atoms with Crippen molar-refractivity contribution in [3.05, 3.63) is 35.4 Å². The second-order valence-electron chi connectivity index (χ2n) is 5.32. The first-order valence-electron chi connectivity index (χ1n) is 6.14. The van der Waals surface area contributed by atoms with Crippen LogP contribution in [-0.2, 0) is 16.4 Å². The van der Waals surface area contributed by atoms with Crippen molar-refractivity contribution in [3.63, 3.8) is 0 Å². The van der Waals surface area contributed by atoms with Gasteiger partial charge in [-0.1, -0.05) is 23.4 Å². The molecule has 0 saturated carbocycles. The number of rotatable bonds is 6. The van der Waals surface area contributed by atoms with Crippen LogP contribution in [0.25, 0.3) is 0 Å². The van der Waals surface area contributed by atoms with Crippen molar-refractivity contribution in [2.45, 2.75) is 25.1 Å². The summed E-state index contributed by atoms with van der Waals surface area (Å²) in [5.74, 6) is 0.0447. The first kappa shape index (κ1) is 16.5. The van der Waals surface area contributed by atoms with Gasteiger partial charge >= 0.3 is 0 Å². The predicted octanol–water partition coefficient (Wildman–Crippen LogP) is 0.694. The van der Waals surface area contributed by atoms with Gasteiger partial charge in [0, 0.05) is 24.9 Å². The summed E-state index contributed by atoms with van der Waals surface area (Å²) in [7, 11) is -3.12. The number of benzene rings is 1. The lowest BCUT2D eigenvalue weighted by Crippen LogP contribution is -2.41. The average Bonchev–Trinajstić information content (AvgIpc) is 2.36. The van der Waals surface area contributed by atoms with E-state index in [9.17, 15) is 8.42 Å². The Morgan fingerprint density at radius 2 is 2.10 bits per heavy atom. The molecule has 20 heavy (non-hydrogen) atoms. The van der Waals surface area contributed by atoms with Crippen molar-refractivity contribution in [2.24, 2.45) is 10.9 Å². The summed E-state index contributed by atoms with van der Waals surface area (Å²) in [6, 6.07) is 7.20. The number of nitrogens with zero attached hydrogens (tertiary/aromatic N) is 1. The lowest BCUT2D eigenvalue weighted by Gasteiger charge is -2.22. The Hall–Kier alpha value is -1.60. The largest absolute Gasteiger partial charge is 0.409 e. The molecule has 0 aliphatic rings. The number of nitrogens with two attached hydrogens (primary N) is 1. The number of sulfone groups is 1. The lowest BCUT2D eigenvalue weighted by molar-refractivity contribution is 0.318. The third-order valence-electron chi connectivity index (χ3n) is 3.21. The van der Waals surface area contributed by atoms with Crippen LogP contribution in [0.5, 0.6) is 0 Å². The molecule has 0 spiro atoms. The minimum absolute atomic E-state index is 0.0447. The molecule has 112 valence electrons. The normalized spacial score (nSPS) is 13.4. The van der Waals surface area contributed by atoms with Crippen molar-refractivity contribution in [2.75, 3.05) is 12.8 Å². The van der Waals surface area contributed by atoms with Crippen molar-refractivity contribution < 1.29 is 13.6 Å². The molecule has 0 bridgehead atoms. The molecule has 0 aromatic heterocycles. The number of hydrogen-bond acceptors (Lipinski definition) is 5. The minimum Gasteiger partial charge on any atom is -0.409 e. The minimum atomic E-state index is -3.12. The number of oxime groups is 1. The Balaban J connectivity index is 2.68. The van der Waals surface area contributed by atoms with E-state index in [0.29, 0.717) is 18.7 Å². The Kier molecular flexibility index (Phi) is 5.13. The molecule has 0 saturated heterocycles. The van der Waals surface area contributed by atoms with Crippen LogP contribution in [0.4, 0.5) is 0 Å². The molecule has 0 atom stereocenters. The first-order valence-corrected chi connectivity index (χ1v) is 8.03. The number of hydrogen-bond donors (Lipinski definition) is 3. The Bertz CT molecular complexity index is 595. The molecule has 4 N–H and O–H groups in total. The van der Waals surface area contributed by atoms with E-state index in [4.69, 9.17) is 10.9 Å². The smallest absolute Gasteiger partial charge is 0.170 e. The van der Waals surface area contributed by atoms with Gasteiger partial charge in [0.1, 0.15) is 0 Å². The fourth-order valence-electron chi connectivity index (χ4n) is 1.54. The maximum absolute atomic E-state index is 11.6. The fraction of sp³-hybridized carbons (Fsp3) is 0.462. The maximum Gasteiger partial charge on any atom is 0.170 e. The third kappa shape index (κ3) is 4.21. The highest BCUT2D eigenvalue weighted by molar-refractivity contribution is 7.92. The van der Waals surface area contributed by atoms with E-state index in [1.54, 1.807) is 32.0 Å². The van der Waals surface area contributed by atoms with E-state index in [1.807, 2.05) is 6.07 Å². The highest BCUT2D eigenvalue weighted by Crippen LogP contribution is 2.14. The fourth-order valence-corrected chi connectivity index (χ4v) is 1.90. The summed E-state index contributed by atoms with van der Waals surface area (Å²) in [5, 5.41) is 14.7. The monoisotopic (exact) mass is 299 g/mol. The first-order chi connectivity index (χ1) is 9.17. The van der Waals surface area contributed by atoms with E-state index < -0.39 is 14.6 Å². The molecule has 0 aliphatic heterocycles. The van der Waals surface area contributed by atoms with Gasteiger partial charge in [0.15, 0.2) is 15.7 Å². The molecule has 0 fully saturated rings. The van der Waals surface area contributed by atoms with Crippen LogP contribution >= 0.6 is 0 Å². The van der Waals surface area contributed by atoms with Gasteiger partial charge in [-0.3, -0.25) is 0 Å². The van der Waals surface area contributed by atoms with Crippen molar-refractivity contribution in [3.8, 4) is 0 Å². The van der Waals surface area contributed by atoms with Crippen LogP contribution in [-0.4, -0.2) is 37.0 Å². The van der Waals surface area contributed by atoms with Crippen LogP contribution in [0.15, 0.2) is 29.4 Å². The molecule has 7 heteroatoms. The molecule has 1 rings (SSSR count). The highest BCUT2D eigenvalue weighted by atomic mass is 32.2. The van der Waals surface area contributed by atoms with E-state index in [0.717, 1.165) is 5.56 Å². The Morgan fingerprint density at radius 3 is 2.65 bits per heavy atom. The summed E-state index contributed by atoms with van der Waals surface area (Å²) in [5.41, 5.74) is 7.07. The second kappa shape index (κ2) is 6.23. The van der Waals surface area contributed by atoms with Gasteiger partial charge in [-0.15, -0.1) is 0 Å².